The van der Waals surface area contributed by atoms with E-state index in [2.05, 4.69) is 266 Å². The number of rotatable bonds is 21. The van der Waals surface area contributed by atoms with Crippen LogP contribution in [0, 0.1) is 6.92 Å². The van der Waals surface area contributed by atoms with E-state index >= 15 is 0 Å². The average Bonchev–Trinajstić information content (AvgIpc) is 3.53. The summed E-state index contributed by atoms with van der Waals surface area (Å²) >= 11 is 0. The molecule has 4 heterocycles. The smallest absolute Gasteiger partial charge is 0.251 e. The van der Waals surface area contributed by atoms with E-state index in [-0.39, 0.29) is 11.8 Å². The van der Waals surface area contributed by atoms with Crippen molar-refractivity contribution < 1.29 is 27.9 Å². The van der Waals surface area contributed by atoms with Gasteiger partial charge in [-0.15, -0.1) is 0 Å². The first-order chi connectivity index (χ1) is 38.3. The van der Waals surface area contributed by atoms with Crippen molar-refractivity contribution in [3.8, 4) is 44.5 Å². The van der Waals surface area contributed by atoms with Crippen LogP contribution in [0.3, 0.4) is 0 Å². The molecule has 0 saturated heterocycles. The van der Waals surface area contributed by atoms with Crippen LogP contribution in [0.25, 0.3) is 44.5 Å². The van der Waals surface area contributed by atoms with Crippen LogP contribution < -0.4 is 28.9 Å². The number of hydrogen-bond donors (Lipinski definition) is 2. The molecule has 2 amide bonds. The quantitative estimate of drug-likeness (QED) is 0.0427. The van der Waals surface area contributed by atoms with E-state index in [0.717, 1.165) is 64.0 Å². The van der Waals surface area contributed by atoms with Gasteiger partial charge in [0.2, 0.25) is 5.91 Å². The van der Waals surface area contributed by atoms with Gasteiger partial charge in [-0.25, -0.2) is 9.13 Å². The maximum Gasteiger partial charge on any atom is 0.251 e. The van der Waals surface area contributed by atoms with Crippen LogP contribution in [-0.2, 0) is 37.4 Å². The molecule has 79 heavy (non-hydrogen) atoms. The molecule has 0 atom stereocenters. The Labute approximate surface area is 468 Å². The second-order valence-electron chi connectivity index (χ2n) is 21.7. The number of pyridine rings is 4. The number of aromatic nitrogens is 4. The fraction of sp³-hybridized carbons (Fsp3) is 0.239. The number of hydrogen-bond acceptors (Lipinski definition) is 2. The molecule has 2 N–H and O–H groups in total. The van der Waals surface area contributed by atoms with Crippen LogP contribution in [-0.4, -0.2) is 24.9 Å². The number of amides is 2. The third kappa shape index (κ3) is 14.1. The number of benzene rings is 5. The summed E-state index contributed by atoms with van der Waals surface area (Å²) in [5.41, 5.74) is 19.5. The molecule has 0 radical (unpaired) electrons. The second-order valence-corrected chi connectivity index (χ2v) is 21.7. The number of nitrogens with one attached hydrogen (secondary N) is 2. The van der Waals surface area contributed by atoms with E-state index < -0.39 is 0 Å². The zero-order chi connectivity index (χ0) is 55.4. The van der Waals surface area contributed by atoms with Crippen molar-refractivity contribution in [2.45, 2.75) is 99.3 Å². The highest BCUT2D eigenvalue weighted by atomic mass is 16.2. The van der Waals surface area contributed by atoms with E-state index in [9.17, 15) is 9.59 Å². The highest BCUT2D eigenvalue weighted by molar-refractivity contribution is 5.97. The lowest BCUT2D eigenvalue weighted by Gasteiger charge is -2.14. The summed E-state index contributed by atoms with van der Waals surface area (Å²) < 4.78 is 9.15. The molecule has 0 aliphatic rings. The zero-order valence-electron chi connectivity index (χ0n) is 47.2. The summed E-state index contributed by atoms with van der Waals surface area (Å²) in [6.45, 7) is 22.5. The molecule has 4 aromatic heterocycles. The minimum atomic E-state index is -0.188. The van der Waals surface area contributed by atoms with Gasteiger partial charge in [0.25, 0.3) is 5.91 Å². The summed E-state index contributed by atoms with van der Waals surface area (Å²) in [4.78, 5) is 26.9. The lowest BCUT2D eigenvalue weighted by Crippen LogP contribution is -2.35. The van der Waals surface area contributed by atoms with Crippen molar-refractivity contribution in [3.05, 3.63) is 263 Å². The Hall–Kier alpha value is -8.62. The van der Waals surface area contributed by atoms with Gasteiger partial charge in [0.05, 0.1) is 22.3 Å². The minimum absolute atomic E-state index is 0.184. The van der Waals surface area contributed by atoms with Gasteiger partial charge in [0.15, 0.2) is 75.8 Å². The molecule has 0 saturated carbocycles. The highest BCUT2D eigenvalue weighted by Gasteiger charge is 2.22. The Morgan fingerprint density at radius 2 is 0.861 bits per heavy atom. The lowest BCUT2D eigenvalue weighted by molar-refractivity contribution is -0.689. The van der Waals surface area contributed by atoms with Gasteiger partial charge in [-0.2, -0.15) is 9.13 Å². The highest BCUT2D eigenvalue weighted by Crippen LogP contribution is 2.33. The fourth-order valence-electron chi connectivity index (χ4n) is 10.6. The van der Waals surface area contributed by atoms with Crippen LogP contribution >= 0.6 is 0 Å². The van der Waals surface area contributed by atoms with Gasteiger partial charge in [0, 0.05) is 69.7 Å². The topological polar surface area (TPSA) is 73.7 Å². The largest absolute Gasteiger partial charge is 0.352 e. The number of aryl methyl sites for hydroxylation is 2. The van der Waals surface area contributed by atoms with Crippen LogP contribution in [0.2, 0.25) is 0 Å². The average molecular weight is 1050 g/mol. The molecule has 0 aliphatic heterocycles. The Kier molecular flexibility index (Phi) is 17.9. The van der Waals surface area contributed by atoms with Crippen LogP contribution in [0.4, 0.5) is 0 Å². The monoisotopic (exact) mass is 1040 g/mol. The SMILES string of the molecule is C=C(C)C(=O)NCCCNC(=O)c1cc(-c2cc(-c3ccc[n+](Cc4ccccc4C)c3)c[n+](Cc3ccccc3C(C)C)c2)cc(-c2cc(-c3ccc[n+](Cc4ccccc4CC)c3)c[n+](Cc3ccccc3C(C)C)c2)c1. The predicted octanol–water partition coefficient (Wildman–Crippen LogP) is 12.6. The van der Waals surface area contributed by atoms with Crippen molar-refractivity contribution in [2.75, 3.05) is 13.1 Å². The van der Waals surface area contributed by atoms with Crippen molar-refractivity contribution in [1.29, 1.82) is 0 Å². The first-order valence-electron chi connectivity index (χ1n) is 28.0. The summed E-state index contributed by atoms with van der Waals surface area (Å²) in [6.07, 6.45) is 19.3. The van der Waals surface area contributed by atoms with Gasteiger partial charge in [-0.1, -0.05) is 138 Å². The van der Waals surface area contributed by atoms with Gasteiger partial charge >= 0.3 is 0 Å². The molecule has 398 valence electrons. The first-order valence-corrected chi connectivity index (χ1v) is 28.0. The van der Waals surface area contributed by atoms with Crippen LogP contribution in [0.15, 0.2) is 213 Å². The van der Waals surface area contributed by atoms with Gasteiger partial charge in [-0.3, -0.25) is 9.59 Å². The Bertz CT molecular complexity index is 3650. The van der Waals surface area contributed by atoms with Gasteiger partial charge in [-0.05, 0) is 114 Å². The molecular weight excluding hydrogens is 969 g/mol. The third-order valence-electron chi connectivity index (χ3n) is 14.9. The van der Waals surface area contributed by atoms with Crippen molar-refractivity contribution >= 4 is 11.8 Å². The molecule has 0 aliphatic carbocycles. The Balaban J connectivity index is 1.20. The minimum Gasteiger partial charge on any atom is -0.352 e. The van der Waals surface area contributed by atoms with Gasteiger partial charge < -0.3 is 10.6 Å². The fourth-order valence-corrected chi connectivity index (χ4v) is 10.6. The number of nitrogens with zero attached hydrogens (tertiary/aromatic N) is 4. The molecule has 9 rings (SSSR count). The zero-order valence-corrected chi connectivity index (χ0v) is 47.2. The molecule has 0 fully saturated rings. The van der Waals surface area contributed by atoms with E-state index in [1.807, 2.05) is 12.1 Å². The molecule has 0 unspecified atom stereocenters. The van der Waals surface area contributed by atoms with E-state index in [1.165, 1.54) is 44.5 Å². The standard InChI is InChI=1S/C71H74N6O2/c1-9-54-22-12-13-24-56(54)41-75-34-19-28-58(43-75)65-39-67(49-77(47-65)45-60-26-15-17-30-69(60)51(4)5)62-35-61(36-63(37-62)71(79)73-32-20-31-72-70(78)52(6)7)66-38-64(46-76(48-66)44-59-25-14-16-29-68(59)50(2)3)57-27-18-33-74(42-57)40-55-23-11-10-21-53(55)8/h10-19,21-30,33-39,42-43,46-51H,6,9,20,31-32,40-41,44-45H2,1-5,7-8H3/q+2/p+2. The van der Waals surface area contributed by atoms with Gasteiger partial charge in [0.1, 0.15) is 0 Å². The van der Waals surface area contributed by atoms with E-state index in [4.69, 9.17) is 0 Å². The summed E-state index contributed by atoms with van der Waals surface area (Å²) in [7, 11) is 0. The van der Waals surface area contributed by atoms with Crippen LogP contribution in [0.5, 0.6) is 0 Å². The molecule has 0 spiro atoms. The Morgan fingerprint density at radius 1 is 0.456 bits per heavy atom. The second kappa shape index (κ2) is 25.7. The molecule has 8 nitrogen and oxygen atoms in total. The van der Waals surface area contributed by atoms with E-state index in [0.29, 0.717) is 55.6 Å². The molecule has 9 aromatic rings. The van der Waals surface area contributed by atoms with Crippen LogP contribution in [0.1, 0.15) is 115 Å². The molecule has 8 heteroatoms. The Morgan fingerprint density at radius 3 is 1.35 bits per heavy atom. The van der Waals surface area contributed by atoms with Crippen molar-refractivity contribution in [3.63, 3.8) is 0 Å². The molecule has 0 bridgehead atoms. The van der Waals surface area contributed by atoms with E-state index in [1.54, 1.807) is 6.92 Å². The molecule has 5 aromatic carbocycles. The number of carbonyl (C=O) groups excluding carboxylic acids is 2. The maximum absolute atomic E-state index is 14.6. The summed E-state index contributed by atoms with van der Waals surface area (Å²) in [6, 6.07) is 54.2. The normalized spacial score (nSPS) is 11.3. The lowest BCUT2D eigenvalue weighted by atomic mass is 9.94. The maximum atomic E-state index is 14.6. The number of carbonyl (C=O) groups is 2. The molecular formula is C71H76N6O2+4. The predicted molar refractivity (Wildman–Crippen MR) is 318 cm³/mol. The first kappa shape index (κ1) is 55.1. The van der Waals surface area contributed by atoms with Crippen molar-refractivity contribution in [2.24, 2.45) is 0 Å². The van der Waals surface area contributed by atoms with Crippen molar-refractivity contribution in [1.82, 2.24) is 10.6 Å². The third-order valence-corrected chi connectivity index (χ3v) is 14.9. The summed E-state index contributed by atoms with van der Waals surface area (Å²) in [5, 5.41) is 6.09. The summed E-state index contributed by atoms with van der Waals surface area (Å²) in [5.74, 6) is 0.332.